The number of aryl methyl sites for hydroxylation is 1. The van der Waals surface area contributed by atoms with Crippen LogP contribution in [0.4, 0.5) is 0 Å². The van der Waals surface area contributed by atoms with E-state index >= 15 is 0 Å². The second kappa shape index (κ2) is 5.25. The van der Waals surface area contributed by atoms with Gasteiger partial charge in [0.1, 0.15) is 0 Å². The average molecular weight is 341 g/mol. The fourth-order valence-electron chi connectivity index (χ4n) is 1.72. The lowest BCUT2D eigenvalue weighted by Gasteiger charge is -2.22. The van der Waals surface area contributed by atoms with Gasteiger partial charge in [-0.15, -0.1) is 5.10 Å². The molecule has 1 atom stereocenters. The molecule has 2 heterocycles. The van der Waals surface area contributed by atoms with Crippen LogP contribution in [0.15, 0.2) is 9.63 Å². The van der Waals surface area contributed by atoms with Crippen molar-refractivity contribution in [2.24, 2.45) is 7.05 Å². The van der Waals surface area contributed by atoms with Crippen molar-refractivity contribution < 1.29 is 8.42 Å². The van der Waals surface area contributed by atoms with E-state index in [-0.39, 0.29) is 15.7 Å². The normalized spacial score (nSPS) is 21.6. The Morgan fingerprint density at radius 2 is 2.35 bits per heavy atom. The van der Waals surface area contributed by atoms with E-state index in [1.165, 1.54) is 4.68 Å². The van der Waals surface area contributed by atoms with E-state index < -0.39 is 10.0 Å². The molecular weight excluding hydrogens is 328 g/mol. The minimum Gasteiger partial charge on any atom is -0.235 e. The van der Waals surface area contributed by atoms with E-state index in [4.69, 9.17) is 0 Å². The van der Waals surface area contributed by atoms with Crippen molar-refractivity contribution in [2.45, 2.75) is 23.9 Å². The van der Waals surface area contributed by atoms with Gasteiger partial charge in [0.25, 0.3) is 10.0 Å². The van der Waals surface area contributed by atoms with Crippen LogP contribution in [0, 0.1) is 0 Å². The molecule has 0 bridgehead atoms. The number of aromatic nitrogens is 3. The molecular formula is C8H13BrN4O2S2. The number of thioether (sulfide) groups is 1. The Hall–Kier alpha value is -0.120. The number of nitrogens with zero attached hydrogens (tertiary/aromatic N) is 3. The fraction of sp³-hybridized carbons (Fsp3) is 0.750. The molecule has 96 valence electrons. The molecule has 1 aromatic rings. The van der Waals surface area contributed by atoms with Gasteiger partial charge in [-0.3, -0.25) is 0 Å². The molecule has 1 unspecified atom stereocenters. The SMILES string of the molecule is Cn1nnc(Br)c1S(=O)(=O)NC1CCCSC1. The largest absolute Gasteiger partial charge is 0.260 e. The van der Waals surface area contributed by atoms with Crippen LogP contribution in [0.2, 0.25) is 0 Å². The van der Waals surface area contributed by atoms with Gasteiger partial charge in [-0.2, -0.15) is 11.8 Å². The van der Waals surface area contributed by atoms with Gasteiger partial charge in [-0.05, 0) is 34.5 Å². The quantitative estimate of drug-likeness (QED) is 0.878. The van der Waals surface area contributed by atoms with Gasteiger partial charge in [-0.25, -0.2) is 17.8 Å². The summed E-state index contributed by atoms with van der Waals surface area (Å²) in [6.07, 6.45) is 1.93. The highest BCUT2D eigenvalue weighted by atomic mass is 79.9. The Balaban J connectivity index is 2.19. The van der Waals surface area contributed by atoms with Gasteiger partial charge >= 0.3 is 0 Å². The van der Waals surface area contributed by atoms with Crippen molar-refractivity contribution in [2.75, 3.05) is 11.5 Å². The van der Waals surface area contributed by atoms with Gasteiger partial charge < -0.3 is 0 Å². The average Bonchev–Trinajstić information content (AvgIpc) is 2.59. The molecule has 2 rings (SSSR count). The lowest BCUT2D eigenvalue weighted by molar-refractivity contribution is 0.529. The van der Waals surface area contributed by atoms with Gasteiger partial charge in [0.05, 0.1) is 0 Å². The van der Waals surface area contributed by atoms with Crippen molar-refractivity contribution in [1.82, 2.24) is 19.7 Å². The summed E-state index contributed by atoms with van der Waals surface area (Å²) in [5.74, 6) is 1.93. The summed E-state index contributed by atoms with van der Waals surface area (Å²) < 4.78 is 28.5. The van der Waals surface area contributed by atoms with Crippen LogP contribution in [0.5, 0.6) is 0 Å². The molecule has 1 fully saturated rings. The van der Waals surface area contributed by atoms with E-state index in [1.807, 2.05) is 0 Å². The Morgan fingerprint density at radius 3 is 2.88 bits per heavy atom. The number of halogens is 1. The first-order chi connectivity index (χ1) is 8.00. The van der Waals surface area contributed by atoms with Crippen LogP contribution >= 0.6 is 27.7 Å². The van der Waals surface area contributed by atoms with E-state index in [0.717, 1.165) is 24.3 Å². The molecule has 17 heavy (non-hydrogen) atoms. The van der Waals surface area contributed by atoms with E-state index in [1.54, 1.807) is 18.8 Å². The molecule has 0 radical (unpaired) electrons. The molecule has 9 heteroatoms. The highest BCUT2D eigenvalue weighted by Gasteiger charge is 2.27. The van der Waals surface area contributed by atoms with E-state index in [0.29, 0.717) is 0 Å². The number of sulfonamides is 1. The third kappa shape index (κ3) is 3.01. The number of nitrogens with one attached hydrogen (secondary N) is 1. The van der Waals surface area contributed by atoms with Gasteiger partial charge in [0, 0.05) is 18.8 Å². The molecule has 1 aliphatic rings. The fourth-order valence-corrected chi connectivity index (χ4v) is 5.26. The van der Waals surface area contributed by atoms with Gasteiger partial charge in [0.2, 0.25) is 5.03 Å². The molecule has 0 aromatic carbocycles. The summed E-state index contributed by atoms with van der Waals surface area (Å²) in [5, 5.41) is 7.43. The number of hydrogen-bond acceptors (Lipinski definition) is 5. The smallest absolute Gasteiger partial charge is 0.235 e. The van der Waals surface area contributed by atoms with Crippen LogP contribution in [0.25, 0.3) is 0 Å². The van der Waals surface area contributed by atoms with Gasteiger partial charge in [-0.1, -0.05) is 5.21 Å². The summed E-state index contributed by atoms with van der Waals surface area (Å²) in [6, 6.07) is 0.000509. The summed E-state index contributed by atoms with van der Waals surface area (Å²) in [4.78, 5) is 0. The second-order valence-electron chi connectivity index (χ2n) is 3.84. The Morgan fingerprint density at radius 1 is 1.59 bits per heavy atom. The van der Waals surface area contributed by atoms with E-state index in [9.17, 15) is 8.42 Å². The highest BCUT2D eigenvalue weighted by molar-refractivity contribution is 9.10. The van der Waals surface area contributed by atoms with Crippen LogP contribution < -0.4 is 4.72 Å². The zero-order valence-electron chi connectivity index (χ0n) is 9.26. The molecule has 1 aliphatic heterocycles. The first-order valence-electron chi connectivity index (χ1n) is 5.16. The lowest BCUT2D eigenvalue weighted by atomic mass is 10.2. The maximum Gasteiger partial charge on any atom is 0.260 e. The van der Waals surface area contributed by atoms with Crippen LogP contribution in [-0.4, -0.2) is 41.0 Å². The molecule has 1 N–H and O–H groups in total. The zero-order valence-corrected chi connectivity index (χ0v) is 12.5. The molecule has 0 amide bonds. The predicted molar refractivity (Wildman–Crippen MR) is 69.4 cm³/mol. The first-order valence-corrected chi connectivity index (χ1v) is 8.59. The molecule has 0 spiro atoms. The Kier molecular flexibility index (Phi) is 4.11. The third-order valence-electron chi connectivity index (χ3n) is 2.47. The lowest BCUT2D eigenvalue weighted by Crippen LogP contribution is -2.39. The third-order valence-corrected chi connectivity index (χ3v) is 6.10. The van der Waals surface area contributed by atoms with Crippen molar-refractivity contribution in [3.8, 4) is 0 Å². The van der Waals surface area contributed by atoms with Gasteiger partial charge in [0.15, 0.2) is 4.60 Å². The highest BCUT2D eigenvalue weighted by Crippen LogP contribution is 2.21. The summed E-state index contributed by atoms with van der Waals surface area (Å²) >= 11 is 4.87. The number of rotatable bonds is 3. The maximum absolute atomic E-state index is 12.2. The Bertz CT molecular complexity index is 476. The second-order valence-corrected chi connectivity index (χ2v) is 7.37. The zero-order chi connectivity index (χ0) is 12.5. The van der Waals surface area contributed by atoms with Crippen molar-refractivity contribution in [3.63, 3.8) is 0 Å². The standard InChI is InChI=1S/C8H13BrN4O2S2/c1-13-8(7(9)10-12-13)17(14,15)11-6-3-2-4-16-5-6/h6,11H,2-5H2,1H3. The maximum atomic E-state index is 12.2. The monoisotopic (exact) mass is 340 g/mol. The molecule has 6 nitrogen and oxygen atoms in total. The van der Waals surface area contributed by atoms with E-state index in [2.05, 4.69) is 31.0 Å². The summed E-state index contributed by atoms with van der Waals surface area (Å²) in [5.41, 5.74) is 0. The molecule has 0 aliphatic carbocycles. The van der Waals surface area contributed by atoms with Crippen molar-refractivity contribution in [3.05, 3.63) is 4.60 Å². The number of hydrogen-bond donors (Lipinski definition) is 1. The minimum absolute atomic E-state index is 0.000509. The topological polar surface area (TPSA) is 76.9 Å². The van der Waals surface area contributed by atoms with Crippen LogP contribution in [-0.2, 0) is 17.1 Å². The first kappa shape index (κ1) is 13.3. The molecule has 1 aromatic heterocycles. The summed E-state index contributed by atoms with van der Waals surface area (Å²) in [6.45, 7) is 0. The van der Waals surface area contributed by atoms with Crippen molar-refractivity contribution in [1.29, 1.82) is 0 Å². The molecule has 1 saturated heterocycles. The molecule has 0 saturated carbocycles. The van der Waals surface area contributed by atoms with Crippen LogP contribution in [0.3, 0.4) is 0 Å². The minimum atomic E-state index is -3.55. The Labute approximate surface area is 113 Å². The van der Waals surface area contributed by atoms with Crippen LogP contribution in [0.1, 0.15) is 12.8 Å². The summed E-state index contributed by atoms with van der Waals surface area (Å²) in [7, 11) is -1.99. The van der Waals surface area contributed by atoms with Crippen molar-refractivity contribution >= 4 is 37.7 Å². The predicted octanol–water partition coefficient (Wildman–Crippen LogP) is 0.751.